The van der Waals surface area contributed by atoms with Gasteiger partial charge in [0.15, 0.2) is 0 Å². The van der Waals surface area contributed by atoms with Gasteiger partial charge >= 0.3 is 0 Å². The first-order valence-corrected chi connectivity index (χ1v) is 6.52. The lowest BCUT2D eigenvalue weighted by Gasteiger charge is -2.39. The molecule has 3 rings (SSSR count). The van der Waals surface area contributed by atoms with Crippen LogP contribution in [-0.2, 0) is 9.47 Å². The van der Waals surface area contributed by atoms with Crippen LogP contribution in [0, 0.1) is 17.3 Å². The molecule has 5 atom stereocenters. The second-order valence-electron chi connectivity index (χ2n) is 5.99. The summed E-state index contributed by atoms with van der Waals surface area (Å²) in [6, 6.07) is 0.393. The molecule has 92 valence electrons. The van der Waals surface area contributed by atoms with E-state index in [2.05, 4.69) is 0 Å². The minimum absolute atomic E-state index is 0.260. The van der Waals surface area contributed by atoms with E-state index in [4.69, 9.17) is 15.2 Å². The van der Waals surface area contributed by atoms with Crippen molar-refractivity contribution < 1.29 is 9.47 Å². The lowest BCUT2D eigenvalue weighted by Crippen LogP contribution is -2.45. The zero-order valence-corrected chi connectivity index (χ0v) is 10.3. The average Bonchev–Trinajstić information content (AvgIpc) is 2.97. The molecular weight excluding hydrogens is 202 g/mol. The Kier molecular flexibility index (Phi) is 2.54. The van der Waals surface area contributed by atoms with Crippen LogP contribution >= 0.6 is 0 Å². The standard InChI is InChI=1S/C13H23NO2/c1-15-10-6-13(7-11(10)16-2)9-4-3-8(5-9)12(13)14/h8-12H,3-7,14H2,1-2H3. The molecule has 3 aliphatic rings. The van der Waals surface area contributed by atoms with E-state index in [1.807, 2.05) is 0 Å². The Bertz CT molecular complexity index is 265. The van der Waals surface area contributed by atoms with Crippen molar-refractivity contribution in [3.63, 3.8) is 0 Å². The van der Waals surface area contributed by atoms with Crippen LogP contribution in [0.5, 0.6) is 0 Å². The highest BCUT2D eigenvalue weighted by molar-refractivity contribution is 5.13. The molecule has 0 aromatic heterocycles. The molecule has 0 aliphatic heterocycles. The zero-order valence-electron chi connectivity index (χ0n) is 10.3. The minimum atomic E-state index is 0.260. The van der Waals surface area contributed by atoms with Gasteiger partial charge in [-0.2, -0.15) is 0 Å². The topological polar surface area (TPSA) is 44.5 Å². The number of fused-ring (bicyclic) bond motifs is 3. The van der Waals surface area contributed by atoms with Crippen molar-refractivity contribution in [1.82, 2.24) is 0 Å². The van der Waals surface area contributed by atoms with Gasteiger partial charge in [0, 0.05) is 20.3 Å². The molecule has 0 heterocycles. The highest BCUT2D eigenvalue weighted by Crippen LogP contribution is 2.62. The third kappa shape index (κ3) is 1.25. The maximum absolute atomic E-state index is 6.48. The molecule has 0 saturated heterocycles. The summed E-state index contributed by atoms with van der Waals surface area (Å²) in [7, 11) is 3.60. The smallest absolute Gasteiger partial charge is 0.0838 e. The van der Waals surface area contributed by atoms with E-state index in [0.29, 0.717) is 11.5 Å². The molecule has 0 aromatic carbocycles. The van der Waals surface area contributed by atoms with E-state index in [1.54, 1.807) is 14.2 Å². The second kappa shape index (κ2) is 3.69. The summed E-state index contributed by atoms with van der Waals surface area (Å²) >= 11 is 0. The summed E-state index contributed by atoms with van der Waals surface area (Å²) in [5.41, 5.74) is 6.82. The molecular formula is C13H23NO2. The van der Waals surface area contributed by atoms with Crippen molar-refractivity contribution >= 4 is 0 Å². The van der Waals surface area contributed by atoms with E-state index in [0.717, 1.165) is 24.7 Å². The molecule has 0 amide bonds. The Morgan fingerprint density at radius 2 is 1.69 bits per heavy atom. The summed E-state index contributed by atoms with van der Waals surface area (Å²) in [6.07, 6.45) is 6.84. The molecule has 16 heavy (non-hydrogen) atoms. The van der Waals surface area contributed by atoms with E-state index < -0.39 is 0 Å². The lowest BCUT2D eigenvalue weighted by atomic mass is 9.69. The normalized spacial score (nSPS) is 55.3. The molecule has 2 bridgehead atoms. The SMILES string of the molecule is COC1CC2(CC1OC)C1CCC(C1)C2N. The first kappa shape index (κ1) is 11.0. The van der Waals surface area contributed by atoms with Crippen molar-refractivity contribution in [3.05, 3.63) is 0 Å². The number of hydrogen-bond donors (Lipinski definition) is 1. The van der Waals surface area contributed by atoms with E-state index >= 15 is 0 Å². The van der Waals surface area contributed by atoms with Crippen molar-refractivity contribution in [2.75, 3.05) is 14.2 Å². The molecule has 2 N–H and O–H groups in total. The third-order valence-electron chi connectivity index (χ3n) is 5.64. The van der Waals surface area contributed by atoms with Crippen LogP contribution in [0.3, 0.4) is 0 Å². The molecule has 3 nitrogen and oxygen atoms in total. The molecule has 0 aromatic rings. The van der Waals surface area contributed by atoms with Crippen LogP contribution in [0.15, 0.2) is 0 Å². The number of nitrogens with two attached hydrogens (primary N) is 1. The summed E-state index contributed by atoms with van der Waals surface area (Å²) in [4.78, 5) is 0. The summed E-state index contributed by atoms with van der Waals surface area (Å²) in [6.45, 7) is 0. The Balaban J connectivity index is 1.85. The quantitative estimate of drug-likeness (QED) is 0.775. The van der Waals surface area contributed by atoms with Gasteiger partial charge in [0.2, 0.25) is 0 Å². The van der Waals surface area contributed by atoms with Gasteiger partial charge < -0.3 is 15.2 Å². The largest absolute Gasteiger partial charge is 0.379 e. The molecule has 3 aliphatic carbocycles. The first-order chi connectivity index (χ1) is 7.71. The van der Waals surface area contributed by atoms with Crippen LogP contribution in [0.1, 0.15) is 32.1 Å². The van der Waals surface area contributed by atoms with Gasteiger partial charge in [0.05, 0.1) is 12.2 Å². The predicted octanol–water partition coefficient (Wildman–Crippen LogP) is 1.55. The number of rotatable bonds is 2. The molecule has 3 heteroatoms. The fourth-order valence-corrected chi connectivity index (χ4v) is 4.78. The van der Waals surface area contributed by atoms with Gasteiger partial charge in [-0.05, 0) is 49.4 Å². The molecule has 3 fully saturated rings. The number of ether oxygens (including phenoxy) is 2. The second-order valence-corrected chi connectivity index (χ2v) is 5.99. The van der Waals surface area contributed by atoms with Crippen LogP contribution < -0.4 is 5.73 Å². The third-order valence-corrected chi connectivity index (χ3v) is 5.64. The minimum Gasteiger partial charge on any atom is -0.379 e. The van der Waals surface area contributed by atoms with Crippen molar-refractivity contribution in [1.29, 1.82) is 0 Å². The monoisotopic (exact) mass is 225 g/mol. The zero-order chi connectivity index (χ0) is 11.3. The van der Waals surface area contributed by atoms with Gasteiger partial charge in [-0.3, -0.25) is 0 Å². The lowest BCUT2D eigenvalue weighted by molar-refractivity contribution is -0.0157. The van der Waals surface area contributed by atoms with Gasteiger partial charge in [0.1, 0.15) is 0 Å². The Morgan fingerprint density at radius 1 is 1.06 bits per heavy atom. The fraction of sp³-hybridized carbons (Fsp3) is 1.00. The van der Waals surface area contributed by atoms with Crippen molar-refractivity contribution in [2.24, 2.45) is 23.0 Å². The van der Waals surface area contributed by atoms with Crippen LogP contribution in [0.2, 0.25) is 0 Å². The van der Waals surface area contributed by atoms with Crippen LogP contribution in [0.4, 0.5) is 0 Å². The van der Waals surface area contributed by atoms with Gasteiger partial charge in [-0.1, -0.05) is 0 Å². The summed E-state index contributed by atoms with van der Waals surface area (Å²) < 4.78 is 11.2. The fourth-order valence-electron chi connectivity index (χ4n) is 4.78. The number of hydrogen-bond acceptors (Lipinski definition) is 3. The van der Waals surface area contributed by atoms with Crippen LogP contribution in [-0.4, -0.2) is 32.5 Å². The van der Waals surface area contributed by atoms with Crippen molar-refractivity contribution in [3.8, 4) is 0 Å². The van der Waals surface area contributed by atoms with Crippen molar-refractivity contribution in [2.45, 2.75) is 50.4 Å². The van der Waals surface area contributed by atoms with E-state index in [9.17, 15) is 0 Å². The maximum atomic E-state index is 6.48. The van der Waals surface area contributed by atoms with Gasteiger partial charge in [-0.15, -0.1) is 0 Å². The highest BCUT2D eigenvalue weighted by atomic mass is 16.5. The predicted molar refractivity (Wildman–Crippen MR) is 62.1 cm³/mol. The molecule has 3 saturated carbocycles. The van der Waals surface area contributed by atoms with Gasteiger partial charge in [0.25, 0.3) is 0 Å². The number of methoxy groups -OCH3 is 2. The van der Waals surface area contributed by atoms with E-state index in [1.165, 1.54) is 19.3 Å². The van der Waals surface area contributed by atoms with E-state index in [-0.39, 0.29) is 12.2 Å². The average molecular weight is 225 g/mol. The summed E-state index contributed by atoms with van der Waals surface area (Å²) in [5.74, 6) is 1.61. The molecule has 1 spiro atoms. The Morgan fingerprint density at radius 3 is 2.12 bits per heavy atom. The maximum Gasteiger partial charge on any atom is 0.0838 e. The molecule has 5 unspecified atom stereocenters. The summed E-state index contributed by atoms with van der Waals surface area (Å²) in [5, 5.41) is 0. The van der Waals surface area contributed by atoms with Gasteiger partial charge in [-0.25, -0.2) is 0 Å². The molecule has 0 radical (unpaired) electrons. The highest BCUT2D eigenvalue weighted by Gasteiger charge is 2.61. The Hall–Kier alpha value is -0.120. The first-order valence-electron chi connectivity index (χ1n) is 6.52. The Labute approximate surface area is 97.7 Å². The van der Waals surface area contributed by atoms with Crippen LogP contribution in [0.25, 0.3) is 0 Å².